The molecule has 0 aliphatic rings. The molecule has 2 aromatic carbocycles. The number of anilines is 1. The fraction of sp³-hybridized carbons (Fsp3) is 0.0526. The van der Waals surface area contributed by atoms with Gasteiger partial charge in [0.15, 0.2) is 10.9 Å². The number of furan rings is 1. The minimum absolute atomic E-state index is 0.154. The summed E-state index contributed by atoms with van der Waals surface area (Å²) >= 11 is 7.45. The van der Waals surface area contributed by atoms with E-state index in [2.05, 4.69) is 10.3 Å². The first-order valence-electron chi connectivity index (χ1n) is 7.67. The normalized spacial score (nSPS) is 10.9. The van der Waals surface area contributed by atoms with E-state index in [0.29, 0.717) is 21.6 Å². The Morgan fingerprint density at radius 3 is 2.80 bits per heavy atom. The van der Waals surface area contributed by atoms with Gasteiger partial charge in [-0.3, -0.25) is 4.79 Å². The molecule has 1 amide bonds. The Bertz CT molecular complexity index is 1020. The van der Waals surface area contributed by atoms with Crippen molar-refractivity contribution >= 4 is 44.9 Å². The van der Waals surface area contributed by atoms with Gasteiger partial charge < -0.3 is 9.73 Å². The van der Waals surface area contributed by atoms with Crippen LogP contribution in [0.25, 0.3) is 22.4 Å². The highest BCUT2D eigenvalue weighted by atomic mass is 35.5. The topological polar surface area (TPSA) is 55.1 Å². The lowest BCUT2D eigenvalue weighted by atomic mass is 10.1. The number of thiazole rings is 1. The summed E-state index contributed by atoms with van der Waals surface area (Å²) in [5.41, 5.74) is 2.31. The Hall–Kier alpha value is -2.63. The molecule has 0 aliphatic carbocycles. The molecule has 1 N–H and O–H groups in total. The van der Waals surface area contributed by atoms with Gasteiger partial charge in [-0.2, -0.15) is 0 Å². The van der Waals surface area contributed by atoms with Crippen LogP contribution in [-0.2, 0) is 11.2 Å². The molecule has 0 radical (unpaired) electrons. The van der Waals surface area contributed by atoms with Crippen LogP contribution in [0.3, 0.4) is 0 Å². The van der Waals surface area contributed by atoms with Crippen LogP contribution in [0.15, 0.2) is 64.4 Å². The number of para-hydroxylation sites is 1. The number of rotatable bonds is 4. The van der Waals surface area contributed by atoms with Gasteiger partial charge in [0.2, 0.25) is 5.91 Å². The molecule has 124 valence electrons. The number of carbonyl (C=O) groups is 1. The van der Waals surface area contributed by atoms with E-state index in [9.17, 15) is 4.79 Å². The van der Waals surface area contributed by atoms with E-state index in [4.69, 9.17) is 16.0 Å². The van der Waals surface area contributed by atoms with E-state index in [1.165, 1.54) is 11.3 Å². The molecular weight excluding hydrogens is 356 g/mol. The number of aromatic nitrogens is 1. The third-order valence-corrected chi connectivity index (χ3v) is 4.86. The van der Waals surface area contributed by atoms with Crippen LogP contribution in [0, 0.1) is 0 Å². The Kier molecular flexibility index (Phi) is 4.26. The second-order valence-corrected chi connectivity index (χ2v) is 6.77. The van der Waals surface area contributed by atoms with Gasteiger partial charge in [0, 0.05) is 15.8 Å². The zero-order valence-electron chi connectivity index (χ0n) is 13.0. The molecule has 4 rings (SSSR count). The fourth-order valence-electron chi connectivity index (χ4n) is 2.53. The van der Waals surface area contributed by atoms with E-state index < -0.39 is 0 Å². The van der Waals surface area contributed by atoms with Crippen LogP contribution < -0.4 is 5.32 Å². The van der Waals surface area contributed by atoms with Crippen LogP contribution in [0.5, 0.6) is 0 Å². The van der Waals surface area contributed by atoms with Crippen molar-refractivity contribution in [3.8, 4) is 11.5 Å². The van der Waals surface area contributed by atoms with E-state index in [1.54, 1.807) is 6.07 Å². The highest BCUT2D eigenvalue weighted by molar-refractivity contribution is 7.14. The molecule has 2 aromatic heterocycles. The van der Waals surface area contributed by atoms with E-state index in [0.717, 1.165) is 16.5 Å². The van der Waals surface area contributed by atoms with Crippen LogP contribution in [0.4, 0.5) is 5.13 Å². The highest BCUT2D eigenvalue weighted by Crippen LogP contribution is 2.30. The summed E-state index contributed by atoms with van der Waals surface area (Å²) in [5.74, 6) is 0.530. The van der Waals surface area contributed by atoms with Crippen molar-refractivity contribution < 1.29 is 9.21 Å². The lowest BCUT2D eigenvalue weighted by Crippen LogP contribution is -2.14. The quantitative estimate of drug-likeness (QED) is 0.525. The van der Waals surface area contributed by atoms with Crippen LogP contribution in [0.1, 0.15) is 5.56 Å². The lowest BCUT2D eigenvalue weighted by molar-refractivity contribution is -0.115. The Morgan fingerprint density at radius 2 is 1.96 bits per heavy atom. The predicted molar refractivity (Wildman–Crippen MR) is 101 cm³/mol. The summed E-state index contributed by atoms with van der Waals surface area (Å²) in [6.45, 7) is 0. The van der Waals surface area contributed by atoms with Crippen molar-refractivity contribution in [3.05, 3.63) is 70.6 Å². The summed E-state index contributed by atoms with van der Waals surface area (Å²) in [6.07, 6.45) is 0.208. The van der Waals surface area contributed by atoms with Crippen molar-refractivity contribution in [2.75, 3.05) is 5.32 Å². The number of hydrogen-bond acceptors (Lipinski definition) is 4. The molecule has 0 fully saturated rings. The number of benzene rings is 2. The maximum absolute atomic E-state index is 12.2. The molecule has 2 heterocycles. The Morgan fingerprint density at radius 1 is 1.16 bits per heavy atom. The first-order valence-corrected chi connectivity index (χ1v) is 8.92. The number of nitrogens with one attached hydrogen (secondary N) is 1. The minimum atomic E-state index is -0.154. The molecule has 4 aromatic rings. The average molecular weight is 369 g/mol. The summed E-state index contributed by atoms with van der Waals surface area (Å²) in [4.78, 5) is 16.6. The maximum atomic E-state index is 12.2. The molecular formula is C19H13ClN2O2S. The maximum Gasteiger partial charge on any atom is 0.230 e. The molecule has 25 heavy (non-hydrogen) atoms. The smallest absolute Gasteiger partial charge is 0.230 e. The van der Waals surface area contributed by atoms with Gasteiger partial charge in [-0.05, 0) is 23.8 Å². The minimum Gasteiger partial charge on any atom is -0.454 e. The van der Waals surface area contributed by atoms with Crippen molar-refractivity contribution in [2.24, 2.45) is 0 Å². The number of carbonyl (C=O) groups excluding carboxylic acids is 1. The summed E-state index contributed by atoms with van der Waals surface area (Å²) in [6, 6.07) is 17.0. The summed E-state index contributed by atoms with van der Waals surface area (Å²) in [7, 11) is 0. The van der Waals surface area contributed by atoms with E-state index in [-0.39, 0.29) is 12.3 Å². The Labute approximate surface area is 153 Å². The van der Waals surface area contributed by atoms with Gasteiger partial charge in [0.1, 0.15) is 11.3 Å². The molecule has 0 saturated heterocycles. The third-order valence-electron chi connectivity index (χ3n) is 3.74. The Balaban J connectivity index is 1.49. The van der Waals surface area contributed by atoms with Crippen LogP contribution >= 0.6 is 22.9 Å². The van der Waals surface area contributed by atoms with Crippen molar-refractivity contribution in [2.45, 2.75) is 6.42 Å². The third kappa shape index (κ3) is 3.43. The summed E-state index contributed by atoms with van der Waals surface area (Å²) in [5, 5.41) is 6.81. The van der Waals surface area contributed by atoms with Crippen LogP contribution in [0.2, 0.25) is 5.02 Å². The molecule has 0 atom stereocenters. The number of halogens is 1. The first-order chi connectivity index (χ1) is 12.2. The standard InChI is InChI=1S/C19H13ClN2O2S/c20-14-7-3-1-5-12(14)10-18(23)22-19-21-15(11-25-19)17-9-13-6-2-4-8-16(13)24-17/h1-9,11H,10H2,(H,21,22,23). The second-order valence-electron chi connectivity index (χ2n) is 5.50. The lowest BCUT2D eigenvalue weighted by Gasteiger charge is -2.03. The largest absolute Gasteiger partial charge is 0.454 e. The van der Waals surface area contributed by atoms with E-state index >= 15 is 0 Å². The van der Waals surface area contributed by atoms with Crippen LogP contribution in [-0.4, -0.2) is 10.9 Å². The van der Waals surface area contributed by atoms with Gasteiger partial charge in [0.25, 0.3) is 0 Å². The van der Waals surface area contributed by atoms with Crippen molar-refractivity contribution in [1.29, 1.82) is 0 Å². The van der Waals surface area contributed by atoms with E-state index in [1.807, 2.05) is 53.9 Å². The second kappa shape index (κ2) is 6.70. The summed E-state index contributed by atoms with van der Waals surface area (Å²) < 4.78 is 5.80. The molecule has 0 spiro atoms. The highest BCUT2D eigenvalue weighted by Gasteiger charge is 2.13. The van der Waals surface area contributed by atoms with Crippen molar-refractivity contribution in [1.82, 2.24) is 4.98 Å². The fourth-order valence-corrected chi connectivity index (χ4v) is 3.45. The van der Waals surface area contributed by atoms with Gasteiger partial charge in [0.05, 0.1) is 6.42 Å². The van der Waals surface area contributed by atoms with Gasteiger partial charge in [-0.1, -0.05) is 48.0 Å². The van der Waals surface area contributed by atoms with Gasteiger partial charge in [-0.15, -0.1) is 11.3 Å². The van der Waals surface area contributed by atoms with Gasteiger partial charge in [-0.25, -0.2) is 4.98 Å². The number of hydrogen-bond donors (Lipinski definition) is 1. The van der Waals surface area contributed by atoms with Gasteiger partial charge >= 0.3 is 0 Å². The van der Waals surface area contributed by atoms with Crippen molar-refractivity contribution in [3.63, 3.8) is 0 Å². The molecule has 4 nitrogen and oxygen atoms in total. The number of fused-ring (bicyclic) bond motifs is 1. The molecule has 6 heteroatoms. The molecule has 0 saturated carbocycles. The molecule has 0 bridgehead atoms. The zero-order valence-corrected chi connectivity index (χ0v) is 14.6. The molecule has 0 aliphatic heterocycles. The average Bonchev–Trinajstić information content (AvgIpc) is 3.23. The molecule has 0 unspecified atom stereocenters. The number of amides is 1. The number of nitrogens with zero attached hydrogens (tertiary/aromatic N) is 1. The predicted octanol–water partition coefficient (Wildman–Crippen LogP) is 5.39. The first kappa shape index (κ1) is 15.9. The SMILES string of the molecule is O=C(Cc1ccccc1Cl)Nc1nc(-c2cc3ccccc3o2)cs1. The monoisotopic (exact) mass is 368 g/mol. The zero-order chi connectivity index (χ0) is 17.2.